The lowest BCUT2D eigenvalue weighted by Gasteiger charge is -2.09. The molecule has 0 atom stereocenters. The summed E-state index contributed by atoms with van der Waals surface area (Å²) in [6.07, 6.45) is 2.66. The first-order valence-corrected chi connectivity index (χ1v) is 5.97. The Morgan fingerprint density at radius 3 is 2.78 bits per heavy atom. The van der Waals surface area contributed by atoms with Crippen molar-refractivity contribution in [1.29, 1.82) is 0 Å². The first kappa shape index (κ1) is 12.5. The predicted molar refractivity (Wildman–Crippen MR) is 71.3 cm³/mol. The molecule has 0 unspecified atom stereocenters. The second-order valence-corrected chi connectivity index (χ2v) is 3.94. The highest BCUT2D eigenvalue weighted by Crippen LogP contribution is 2.25. The molecule has 18 heavy (non-hydrogen) atoms. The molecule has 0 fully saturated rings. The molecule has 0 bridgehead atoms. The van der Waals surface area contributed by atoms with E-state index in [1.54, 1.807) is 13.3 Å². The van der Waals surface area contributed by atoms with Crippen LogP contribution < -0.4 is 10.5 Å². The average Bonchev–Trinajstić information content (AvgIpc) is 2.46. The molecular formula is C14H17N3O. The van der Waals surface area contributed by atoms with Crippen molar-refractivity contribution in [2.75, 3.05) is 7.11 Å². The number of aryl methyl sites for hydroxylation is 1. The Morgan fingerprint density at radius 1 is 1.28 bits per heavy atom. The fraction of sp³-hybridized carbons (Fsp3) is 0.286. The third-order valence-electron chi connectivity index (χ3n) is 2.85. The van der Waals surface area contributed by atoms with E-state index in [1.165, 1.54) is 5.56 Å². The Morgan fingerprint density at radius 2 is 2.11 bits per heavy atom. The number of ether oxygens (including phenoxy) is 1. The summed E-state index contributed by atoms with van der Waals surface area (Å²) in [5.41, 5.74) is 8.67. The van der Waals surface area contributed by atoms with Crippen LogP contribution in [-0.4, -0.2) is 17.1 Å². The minimum Gasteiger partial charge on any atom is -0.496 e. The van der Waals surface area contributed by atoms with Gasteiger partial charge in [-0.1, -0.05) is 6.92 Å². The number of benzene rings is 1. The van der Waals surface area contributed by atoms with E-state index >= 15 is 0 Å². The van der Waals surface area contributed by atoms with E-state index in [0.717, 1.165) is 23.4 Å². The van der Waals surface area contributed by atoms with Gasteiger partial charge in [0.1, 0.15) is 11.6 Å². The van der Waals surface area contributed by atoms with Crippen LogP contribution in [0.1, 0.15) is 18.3 Å². The fourth-order valence-electron chi connectivity index (χ4n) is 1.87. The number of nitrogens with two attached hydrogens (primary N) is 1. The molecule has 2 rings (SSSR count). The molecule has 0 radical (unpaired) electrons. The Balaban J connectivity index is 2.43. The van der Waals surface area contributed by atoms with E-state index in [4.69, 9.17) is 10.5 Å². The van der Waals surface area contributed by atoms with E-state index in [0.29, 0.717) is 12.4 Å². The van der Waals surface area contributed by atoms with E-state index in [2.05, 4.69) is 23.0 Å². The molecule has 94 valence electrons. The lowest BCUT2D eigenvalue weighted by atomic mass is 10.1. The zero-order valence-corrected chi connectivity index (χ0v) is 10.7. The average molecular weight is 243 g/mol. The van der Waals surface area contributed by atoms with E-state index in [9.17, 15) is 0 Å². The van der Waals surface area contributed by atoms with Crippen molar-refractivity contribution in [2.45, 2.75) is 19.9 Å². The maximum absolute atomic E-state index is 5.55. The summed E-state index contributed by atoms with van der Waals surface area (Å²) in [7, 11) is 1.69. The Kier molecular flexibility index (Phi) is 3.89. The van der Waals surface area contributed by atoms with Crippen LogP contribution in [0.15, 0.2) is 30.5 Å². The summed E-state index contributed by atoms with van der Waals surface area (Å²) in [6.45, 7) is 2.46. The van der Waals surface area contributed by atoms with Crippen LogP contribution in [0.5, 0.6) is 5.75 Å². The smallest absolute Gasteiger partial charge is 0.142 e. The molecule has 0 aliphatic heterocycles. The van der Waals surface area contributed by atoms with Gasteiger partial charge < -0.3 is 10.5 Å². The van der Waals surface area contributed by atoms with Crippen molar-refractivity contribution in [2.24, 2.45) is 5.73 Å². The molecule has 4 heteroatoms. The molecule has 1 heterocycles. The third-order valence-corrected chi connectivity index (χ3v) is 2.85. The van der Waals surface area contributed by atoms with Gasteiger partial charge in [-0.2, -0.15) is 0 Å². The van der Waals surface area contributed by atoms with Gasteiger partial charge in [0, 0.05) is 11.8 Å². The van der Waals surface area contributed by atoms with Gasteiger partial charge in [-0.25, -0.2) is 9.97 Å². The van der Waals surface area contributed by atoms with Crippen LogP contribution in [-0.2, 0) is 13.0 Å². The number of hydrogen-bond donors (Lipinski definition) is 1. The van der Waals surface area contributed by atoms with Gasteiger partial charge in [0.05, 0.1) is 19.3 Å². The summed E-state index contributed by atoms with van der Waals surface area (Å²) >= 11 is 0. The van der Waals surface area contributed by atoms with Crippen molar-refractivity contribution in [3.05, 3.63) is 41.9 Å². The summed E-state index contributed by atoms with van der Waals surface area (Å²) in [4.78, 5) is 8.51. The maximum Gasteiger partial charge on any atom is 0.142 e. The zero-order chi connectivity index (χ0) is 13.0. The Labute approximate surface area is 107 Å². The standard InChI is InChI=1S/C14H17N3O/c1-3-10-8-11(4-5-13(10)18-2)12-6-7-16-14(9-15)17-12/h4-8H,3,9,15H2,1-2H3. The molecule has 0 spiro atoms. The van der Waals surface area contributed by atoms with Gasteiger partial charge in [-0.15, -0.1) is 0 Å². The second kappa shape index (κ2) is 5.60. The van der Waals surface area contributed by atoms with Crippen LogP contribution in [0.2, 0.25) is 0 Å². The summed E-state index contributed by atoms with van der Waals surface area (Å²) in [5, 5.41) is 0. The summed E-state index contributed by atoms with van der Waals surface area (Å²) < 4.78 is 5.32. The third kappa shape index (κ3) is 2.49. The molecule has 4 nitrogen and oxygen atoms in total. The van der Waals surface area contributed by atoms with Gasteiger partial charge in [-0.3, -0.25) is 0 Å². The van der Waals surface area contributed by atoms with Gasteiger partial charge >= 0.3 is 0 Å². The van der Waals surface area contributed by atoms with Crippen molar-refractivity contribution in [1.82, 2.24) is 9.97 Å². The summed E-state index contributed by atoms with van der Waals surface area (Å²) in [5.74, 6) is 1.57. The van der Waals surface area contributed by atoms with Crippen LogP contribution in [0.3, 0.4) is 0 Å². The van der Waals surface area contributed by atoms with Crippen molar-refractivity contribution in [3.63, 3.8) is 0 Å². The topological polar surface area (TPSA) is 61.0 Å². The molecule has 2 aromatic rings. The largest absolute Gasteiger partial charge is 0.496 e. The molecule has 1 aromatic carbocycles. The normalized spacial score (nSPS) is 10.4. The maximum atomic E-state index is 5.55. The van der Waals surface area contributed by atoms with Crippen molar-refractivity contribution in [3.8, 4) is 17.0 Å². The molecule has 0 saturated carbocycles. The molecule has 0 amide bonds. The monoisotopic (exact) mass is 243 g/mol. The van der Waals surface area contributed by atoms with Gasteiger partial charge in [0.2, 0.25) is 0 Å². The number of methoxy groups -OCH3 is 1. The van der Waals surface area contributed by atoms with Crippen LogP contribution in [0, 0.1) is 0 Å². The summed E-state index contributed by atoms with van der Waals surface area (Å²) in [6, 6.07) is 7.96. The van der Waals surface area contributed by atoms with Gasteiger partial charge in [0.25, 0.3) is 0 Å². The van der Waals surface area contributed by atoms with E-state index in [-0.39, 0.29) is 0 Å². The highest BCUT2D eigenvalue weighted by atomic mass is 16.5. The van der Waals surface area contributed by atoms with Crippen LogP contribution in [0.25, 0.3) is 11.3 Å². The van der Waals surface area contributed by atoms with E-state index in [1.807, 2.05) is 18.2 Å². The lowest BCUT2D eigenvalue weighted by molar-refractivity contribution is 0.410. The minimum absolute atomic E-state index is 0.352. The number of hydrogen-bond acceptors (Lipinski definition) is 4. The number of aromatic nitrogens is 2. The van der Waals surface area contributed by atoms with Crippen LogP contribution >= 0.6 is 0 Å². The Hall–Kier alpha value is -1.94. The lowest BCUT2D eigenvalue weighted by Crippen LogP contribution is -2.03. The van der Waals surface area contributed by atoms with Gasteiger partial charge in [-0.05, 0) is 36.2 Å². The zero-order valence-electron chi connectivity index (χ0n) is 10.7. The molecule has 1 aromatic heterocycles. The molecule has 2 N–H and O–H groups in total. The highest BCUT2D eigenvalue weighted by Gasteiger charge is 2.06. The second-order valence-electron chi connectivity index (χ2n) is 3.94. The number of rotatable bonds is 4. The van der Waals surface area contributed by atoms with E-state index < -0.39 is 0 Å². The highest BCUT2D eigenvalue weighted by molar-refractivity contribution is 5.61. The quantitative estimate of drug-likeness (QED) is 0.894. The predicted octanol–water partition coefficient (Wildman–Crippen LogP) is 2.17. The molecule has 0 saturated heterocycles. The first-order chi connectivity index (χ1) is 8.78. The van der Waals surface area contributed by atoms with Gasteiger partial charge in [0.15, 0.2) is 0 Å². The fourth-order valence-corrected chi connectivity index (χ4v) is 1.87. The molecule has 0 aliphatic carbocycles. The number of nitrogens with zero attached hydrogens (tertiary/aromatic N) is 2. The van der Waals surface area contributed by atoms with Crippen molar-refractivity contribution >= 4 is 0 Å². The SMILES string of the molecule is CCc1cc(-c2ccnc(CN)n2)ccc1OC. The first-order valence-electron chi connectivity index (χ1n) is 5.97. The van der Waals surface area contributed by atoms with Crippen molar-refractivity contribution < 1.29 is 4.74 Å². The minimum atomic E-state index is 0.352. The Bertz CT molecular complexity index is 540. The molecular weight excluding hydrogens is 226 g/mol. The molecule has 0 aliphatic rings. The van der Waals surface area contributed by atoms with Crippen LogP contribution in [0.4, 0.5) is 0 Å².